The van der Waals surface area contributed by atoms with Crippen LogP contribution >= 0.6 is 0 Å². The molecule has 21 heavy (non-hydrogen) atoms. The molecular formula is C15H20FN3O2. The molecule has 1 unspecified atom stereocenters. The van der Waals surface area contributed by atoms with Gasteiger partial charge in [-0.2, -0.15) is 0 Å². The first-order chi connectivity index (χ1) is 10.1. The molecule has 0 spiro atoms. The van der Waals surface area contributed by atoms with Crippen LogP contribution < -0.4 is 10.6 Å². The zero-order valence-corrected chi connectivity index (χ0v) is 12.1. The maximum absolute atomic E-state index is 13.6. The average Bonchev–Trinajstić information content (AvgIpc) is 2.50. The smallest absolute Gasteiger partial charge is 0.244 e. The van der Waals surface area contributed by atoms with Crippen molar-refractivity contribution in [1.82, 2.24) is 15.5 Å². The van der Waals surface area contributed by atoms with Gasteiger partial charge >= 0.3 is 0 Å². The van der Waals surface area contributed by atoms with Crippen LogP contribution in [0.15, 0.2) is 24.3 Å². The molecule has 0 bridgehead atoms. The van der Waals surface area contributed by atoms with Crippen molar-refractivity contribution in [1.29, 1.82) is 0 Å². The first-order valence-corrected chi connectivity index (χ1v) is 7.14. The van der Waals surface area contributed by atoms with E-state index in [9.17, 15) is 14.0 Å². The molecule has 0 aliphatic carbocycles. The van der Waals surface area contributed by atoms with E-state index in [1.54, 1.807) is 18.2 Å². The van der Waals surface area contributed by atoms with Crippen molar-refractivity contribution in [3.63, 3.8) is 0 Å². The Balaban J connectivity index is 2.08. The maximum atomic E-state index is 13.6. The van der Waals surface area contributed by atoms with E-state index < -0.39 is 11.9 Å². The molecule has 2 amide bonds. The van der Waals surface area contributed by atoms with Crippen molar-refractivity contribution in [3.05, 3.63) is 35.6 Å². The quantitative estimate of drug-likeness (QED) is 0.839. The summed E-state index contributed by atoms with van der Waals surface area (Å²) in [6.07, 6.45) is -0.0252. The van der Waals surface area contributed by atoms with Crippen LogP contribution in [0.5, 0.6) is 0 Å². The predicted molar refractivity (Wildman–Crippen MR) is 77.2 cm³/mol. The number of rotatable bonds is 4. The highest BCUT2D eigenvalue weighted by atomic mass is 19.1. The van der Waals surface area contributed by atoms with E-state index in [4.69, 9.17) is 0 Å². The summed E-state index contributed by atoms with van der Waals surface area (Å²) < 4.78 is 13.6. The molecular weight excluding hydrogens is 273 g/mol. The summed E-state index contributed by atoms with van der Waals surface area (Å²) in [6, 6.07) is 5.69. The van der Waals surface area contributed by atoms with Gasteiger partial charge in [0.05, 0.1) is 6.42 Å². The third kappa shape index (κ3) is 3.78. The number of nitrogens with one attached hydrogen (secondary N) is 2. The minimum absolute atomic E-state index is 0.0252. The first kappa shape index (κ1) is 15.4. The third-order valence-electron chi connectivity index (χ3n) is 3.52. The van der Waals surface area contributed by atoms with Gasteiger partial charge in [0.25, 0.3) is 0 Å². The monoisotopic (exact) mass is 293 g/mol. The van der Waals surface area contributed by atoms with Crippen molar-refractivity contribution in [3.8, 4) is 0 Å². The lowest BCUT2D eigenvalue weighted by molar-refractivity contribution is -0.141. The molecule has 5 nitrogen and oxygen atoms in total. The molecule has 1 fully saturated rings. The average molecular weight is 293 g/mol. The standard InChI is InChI=1S/C15H20FN3O2/c1-2-18-15(21)13-10-17-7-8-19(13)14(20)9-11-5-3-4-6-12(11)16/h3-6,13,17H,2,7-10H2,1H3,(H,18,21). The summed E-state index contributed by atoms with van der Waals surface area (Å²) in [6.45, 7) is 3.87. The lowest BCUT2D eigenvalue weighted by Gasteiger charge is -2.35. The Kier molecular flexibility index (Phi) is 5.27. The summed E-state index contributed by atoms with van der Waals surface area (Å²) in [7, 11) is 0. The molecule has 2 rings (SSSR count). The van der Waals surface area contributed by atoms with E-state index in [2.05, 4.69) is 10.6 Å². The largest absolute Gasteiger partial charge is 0.355 e. The lowest BCUT2D eigenvalue weighted by atomic mass is 10.1. The zero-order valence-electron chi connectivity index (χ0n) is 12.1. The van der Waals surface area contributed by atoms with Gasteiger partial charge in [-0.25, -0.2) is 4.39 Å². The Hall–Kier alpha value is -1.95. The molecule has 1 aliphatic rings. The van der Waals surface area contributed by atoms with Crippen molar-refractivity contribution in [2.45, 2.75) is 19.4 Å². The van der Waals surface area contributed by atoms with E-state index in [-0.39, 0.29) is 18.2 Å². The molecule has 2 N–H and O–H groups in total. The molecule has 1 aromatic carbocycles. The van der Waals surface area contributed by atoms with Crippen LogP contribution in [0, 0.1) is 5.82 Å². The number of amides is 2. The van der Waals surface area contributed by atoms with Gasteiger partial charge in [0.15, 0.2) is 0 Å². The summed E-state index contributed by atoms with van der Waals surface area (Å²) in [5.41, 5.74) is 0.357. The van der Waals surface area contributed by atoms with E-state index in [1.165, 1.54) is 11.0 Å². The molecule has 1 heterocycles. The van der Waals surface area contributed by atoms with Crippen LogP contribution in [-0.4, -0.2) is 48.9 Å². The number of piperazine rings is 1. The maximum Gasteiger partial charge on any atom is 0.244 e. The van der Waals surface area contributed by atoms with Crippen molar-refractivity contribution in [2.24, 2.45) is 0 Å². The van der Waals surface area contributed by atoms with Crippen molar-refractivity contribution < 1.29 is 14.0 Å². The molecule has 0 saturated carbocycles. The van der Waals surface area contributed by atoms with Crippen LogP contribution in [0.4, 0.5) is 4.39 Å². The minimum Gasteiger partial charge on any atom is -0.355 e. The number of likely N-dealkylation sites (N-methyl/N-ethyl adjacent to an activating group) is 1. The van der Waals surface area contributed by atoms with Gasteiger partial charge < -0.3 is 15.5 Å². The van der Waals surface area contributed by atoms with Gasteiger partial charge in [-0.05, 0) is 18.6 Å². The van der Waals surface area contributed by atoms with E-state index in [1.807, 2.05) is 6.92 Å². The SMILES string of the molecule is CCNC(=O)C1CNCCN1C(=O)Cc1ccccc1F. The topological polar surface area (TPSA) is 61.4 Å². The highest BCUT2D eigenvalue weighted by molar-refractivity contribution is 5.89. The van der Waals surface area contributed by atoms with E-state index >= 15 is 0 Å². The number of carbonyl (C=O) groups is 2. The summed E-state index contributed by atoms with van der Waals surface area (Å²) in [5, 5.41) is 5.83. The van der Waals surface area contributed by atoms with Crippen LogP contribution in [0.1, 0.15) is 12.5 Å². The number of nitrogens with zero attached hydrogens (tertiary/aromatic N) is 1. The number of halogens is 1. The Morgan fingerprint density at radius 3 is 2.90 bits per heavy atom. The second kappa shape index (κ2) is 7.17. The Morgan fingerprint density at radius 1 is 1.43 bits per heavy atom. The zero-order chi connectivity index (χ0) is 15.2. The Morgan fingerprint density at radius 2 is 2.19 bits per heavy atom. The van der Waals surface area contributed by atoms with Gasteiger partial charge in [-0.1, -0.05) is 18.2 Å². The van der Waals surface area contributed by atoms with Crippen molar-refractivity contribution >= 4 is 11.8 Å². The summed E-state index contributed by atoms with van der Waals surface area (Å²) in [5.74, 6) is -0.792. The fraction of sp³-hybridized carbons (Fsp3) is 0.467. The number of benzene rings is 1. The Labute approximate surface area is 123 Å². The molecule has 1 aliphatic heterocycles. The normalized spacial score (nSPS) is 18.4. The van der Waals surface area contributed by atoms with Crippen LogP contribution in [-0.2, 0) is 16.0 Å². The number of hydrogen-bond donors (Lipinski definition) is 2. The van der Waals surface area contributed by atoms with E-state index in [0.717, 1.165) is 0 Å². The molecule has 0 radical (unpaired) electrons. The fourth-order valence-electron chi connectivity index (χ4n) is 2.44. The molecule has 0 aromatic heterocycles. The summed E-state index contributed by atoms with van der Waals surface area (Å²) >= 11 is 0. The van der Waals surface area contributed by atoms with Gasteiger partial charge in [0.2, 0.25) is 11.8 Å². The number of hydrogen-bond acceptors (Lipinski definition) is 3. The lowest BCUT2D eigenvalue weighted by Crippen LogP contribution is -2.59. The minimum atomic E-state index is -0.530. The van der Waals surface area contributed by atoms with Gasteiger partial charge in [-0.3, -0.25) is 9.59 Å². The molecule has 1 atom stereocenters. The third-order valence-corrected chi connectivity index (χ3v) is 3.52. The highest BCUT2D eigenvalue weighted by Gasteiger charge is 2.31. The van der Waals surface area contributed by atoms with Crippen LogP contribution in [0.3, 0.4) is 0 Å². The van der Waals surface area contributed by atoms with Crippen LogP contribution in [0.25, 0.3) is 0 Å². The second-order valence-corrected chi connectivity index (χ2v) is 4.97. The van der Waals surface area contributed by atoms with Gasteiger partial charge in [0, 0.05) is 26.2 Å². The molecule has 114 valence electrons. The highest BCUT2D eigenvalue weighted by Crippen LogP contribution is 2.12. The molecule has 6 heteroatoms. The summed E-state index contributed by atoms with van der Waals surface area (Å²) in [4.78, 5) is 25.9. The Bertz CT molecular complexity index is 521. The van der Waals surface area contributed by atoms with Crippen molar-refractivity contribution in [2.75, 3.05) is 26.2 Å². The first-order valence-electron chi connectivity index (χ1n) is 7.14. The fourth-order valence-corrected chi connectivity index (χ4v) is 2.44. The predicted octanol–water partition coefficient (Wildman–Crippen LogP) is 0.305. The van der Waals surface area contributed by atoms with Gasteiger partial charge in [0.1, 0.15) is 11.9 Å². The number of carbonyl (C=O) groups excluding carboxylic acids is 2. The molecule has 1 saturated heterocycles. The molecule has 1 aromatic rings. The van der Waals surface area contributed by atoms with Gasteiger partial charge in [-0.15, -0.1) is 0 Å². The second-order valence-electron chi connectivity index (χ2n) is 4.97. The van der Waals surface area contributed by atoms with Crippen LogP contribution in [0.2, 0.25) is 0 Å². The van der Waals surface area contributed by atoms with E-state index in [0.29, 0.717) is 31.7 Å².